The fourth-order valence-corrected chi connectivity index (χ4v) is 2.58. The largest absolute Gasteiger partial charge is 0.465 e. The smallest absolute Gasteiger partial charge is 0.348 e. The van der Waals surface area contributed by atoms with E-state index in [1.165, 1.54) is 18.4 Å². The predicted octanol–water partition coefficient (Wildman–Crippen LogP) is 4.11. The lowest BCUT2D eigenvalue weighted by Gasteiger charge is -1.93. The summed E-state index contributed by atoms with van der Waals surface area (Å²) in [5.74, 6) is -0.267. The van der Waals surface area contributed by atoms with Gasteiger partial charge in [-0.2, -0.15) is 0 Å². The molecule has 88 valence electrons. The molecular weight excluding hydrogens is 232 g/mol. The van der Waals surface area contributed by atoms with Crippen molar-refractivity contribution in [2.24, 2.45) is 0 Å². The monoisotopic (exact) mass is 246 g/mol. The predicted molar refractivity (Wildman–Crippen MR) is 72.5 cm³/mol. The van der Waals surface area contributed by atoms with Crippen LogP contribution in [-0.2, 0) is 4.74 Å². The number of benzene rings is 1. The molecule has 1 aromatic heterocycles. The minimum Gasteiger partial charge on any atom is -0.465 e. The number of hydrogen-bond donors (Lipinski definition) is 0. The highest BCUT2D eigenvalue weighted by atomic mass is 32.1. The molecule has 0 unspecified atom stereocenters. The summed E-state index contributed by atoms with van der Waals surface area (Å²) in [5.41, 5.74) is 1.16. The number of hydrogen-bond acceptors (Lipinski definition) is 3. The van der Waals surface area contributed by atoms with E-state index in [9.17, 15) is 4.79 Å². The fraction of sp³-hybridized carbons (Fsp3) is 0.214. The van der Waals surface area contributed by atoms with Crippen LogP contribution < -0.4 is 0 Å². The zero-order valence-electron chi connectivity index (χ0n) is 9.90. The van der Waals surface area contributed by atoms with E-state index >= 15 is 0 Å². The first kappa shape index (κ1) is 11.9. The normalized spacial score (nSPS) is 11.2. The third-order valence-corrected chi connectivity index (χ3v) is 3.57. The zero-order valence-corrected chi connectivity index (χ0v) is 10.7. The lowest BCUT2D eigenvalue weighted by molar-refractivity contribution is 0.0606. The molecular formula is C14H14O2S. The topological polar surface area (TPSA) is 26.3 Å². The third kappa shape index (κ3) is 2.56. The highest BCUT2D eigenvalue weighted by Gasteiger charge is 2.09. The van der Waals surface area contributed by atoms with E-state index in [4.69, 9.17) is 4.74 Å². The number of rotatable bonds is 3. The van der Waals surface area contributed by atoms with E-state index in [0.717, 1.165) is 22.1 Å². The molecule has 2 rings (SSSR count). The van der Waals surface area contributed by atoms with E-state index in [1.54, 1.807) is 0 Å². The molecule has 0 spiro atoms. The molecule has 0 radical (unpaired) electrons. The van der Waals surface area contributed by atoms with Crippen LogP contribution in [0.25, 0.3) is 16.2 Å². The summed E-state index contributed by atoms with van der Waals surface area (Å²) >= 11 is 1.46. The molecule has 1 aromatic carbocycles. The number of thiophene rings is 1. The van der Waals surface area contributed by atoms with Gasteiger partial charge in [0.1, 0.15) is 4.88 Å². The second-order valence-corrected chi connectivity index (χ2v) is 4.79. The number of carbonyl (C=O) groups excluding carboxylic acids is 1. The summed E-state index contributed by atoms with van der Waals surface area (Å²) in [7, 11) is 1.40. The van der Waals surface area contributed by atoms with Gasteiger partial charge in [0.2, 0.25) is 0 Å². The molecule has 0 atom stereocenters. The molecule has 2 aromatic rings. The van der Waals surface area contributed by atoms with E-state index < -0.39 is 0 Å². The second-order valence-electron chi connectivity index (χ2n) is 3.71. The van der Waals surface area contributed by atoms with Crippen LogP contribution >= 0.6 is 11.3 Å². The number of allylic oxidation sites excluding steroid dienone is 1. The Labute approximate surface area is 105 Å². The minimum atomic E-state index is -0.267. The van der Waals surface area contributed by atoms with Gasteiger partial charge in [-0.05, 0) is 35.6 Å². The van der Waals surface area contributed by atoms with Crippen LogP contribution in [0.3, 0.4) is 0 Å². The maximum Gasteiger partial charge on any atom is 0.348 e. The van der Waals surface area contributed by atoms with E-state index in [0.29, 0.717) is 4.88 Å². The van der Waals surface area contributed by atoms with Gasteiger partial charge in [-0.1, -0.05) is 25.1 Å². The van der Waals surface area contributed by atoms with Crippen LogP contribution in [0.5, 0.6) is 0 Å². The first-order valence-corrected chi connectivity index (χ1v) is 6.34. The molecule has 0 saturated heterocycles. The Morgan fingerprint density at radius 3 is 2.94 bits per heavy atom. The van der Waals surface area contributed by atoms with Crippen LogP contribution in [0, 0.1) is 0 Å². The van der Waals surface area contributed by atoms with Gasteiger partial charge in [0.25, 0.3) is 0 Å². The van der Waals surface area contributed by atoms with Gasteiger partial charge in [-0.15, -0.1) is 11.3 Å². The summed E-state index contributed by atoms with van der Waals surface area (Å²) < 4.78 is 5.83. The molecule has 0 aliphatic rings. The van der Waals surface area contributed by atoms with Gasteiger partial charge < -0.3 is 4.74 Å². The lowest BCUT2D eigenvalue weighted by atomic mass is 10.1. The van der Waals surface area contributed by atoms with Crippen LogP contribution in [0.4, 0.5) is 0 Å². The number of carbonyl (C=O) groups is 1. The summed E-state index contributed by atoms with van der Waals surface area (Å²) in [5, 5.41) is 1.09. The molecule has 2 nitrogen and oxygen atoms in total. The number of methoxy groups -OCH3 is 1. The molecule has 17 heavy (non-hydrogen) atoms. The first-order valence-electron chi connectivity index (χ1n) is 5.53. The quantitative estimate of drug-likeness (QED) is 0.762. The summed E-state index contributed by atoms with van der Waals surface area (Å²) in [6, 6.07) is 8.08. The van der Waals surface area contributed by atoms with Crippen molar-refractivity contribution in [2.75, 3.05) is 7.11 Å². The Bertz CT molecular complexity index is 567. The van der Waals surface area contributed by atoms with E-state index in [2.05, 4.69) is 31.2 Å². The first-order chi connectivity index (χ1) is 8.24. The minimum absolute atomic E-state index is 0.267. The van der Waals surface area contributed by atoms with Gasteiger partial charge >= 0.3 is 5.97 Å². The molecule has 0 fully saturated rings. The van der Waals surface area contributed by atoms with Crippen molar-refractivity contribution in [3.63, 3.8) is 0 Å². The lowest BCUT2D eigenvalue weighted by Crippen LogP contribution is -1.96. The number of esters is 1. The Balaban J connectivity index is 2.40. The summed E-state index contributed by atoms with van der Waals surface area (Å²) in [4.78, 5) is 12.1. The Morgan fingerprint density at radius 2 is 2.24 bits per heavy atom. The Hall–Kier alpha value is -1.61. The SMILES string of the molecule is CCC=Cc1ccc2sc(C(=O)OC)cc2c1. The van der Waals surface area contributed by atoms with Crippen LogP contribution in [0.15, 0.2) is 30.3 Å². The summed E-state index contributed by atoms with van der Waals surface area (Å²) in [6.45, 7) is 2.11. The van der Waals surface area contributed by atoms with Gasteiger partial charge in [-0.25, -0.2) is 4.79 Å². The summed E-state index contributed by atoms with van der Waals surface area (Å²) in [6.07, 6.45) is 5.23. The van der Waals surface area contributed by atoms with Crippen molar-refractivity contribution >= 4 is 33.5 Å². The van der Waals surface area contributed by atoms with E-state index in [-0.39, 0.29) is 5.97 Å². The molecule has 0 N–H and O–H groups in total. The highest BCUT2D eigenvalue weighted by Crippen LogP contribution is 2.27. The number of fused-ring (bicyclic) bond motifs is 1. The second kappa shape index (κ2) is 5.15. The third-order valence-electron chi connectivity index (χ3n) is 2.47. The van der Waals surface area contributed by atoms with Crippen molar-refractivity contribution in [1.82, 2.24) is 0 Å². The molecule has 3 heteroatoms. The fourth-order valence-electron chi connectivity index (χ4n) is 1.62. The van der Waals surface area contributed by atoms with Crippen molar-refractivity contribution in [2.45, 2.75) is 13.3 Å². The molecule has 1 heterocycles. The van der Waals surface area contributed by atoms with Gasteiger partial charge in [0.15, 0.2) is 0 Å². The van der Waals surface area contributed by atoms with Crippen LogP contribution in [0.1, 0.15) is 28.6 Å². The van der Waals surface area contributed by atoms with Crippen molar-refractivity contribution in [3.05, 3.63) is 40.8 Å². The van der Waals surface area contributed by atoms with Crippen molar-refractivity contribution in [1.29, 1.82) is 0 Å². The Kier molecular flexibility index (Phi) is 3.59. The van der Waals surface area contributed by atoms with Crippen LogP contribution in [0.2, 0.25) is 0 Å². The maximum atomic E-state index is 11.4. The highest BCUT2D eigenvalue weighted by molar-refractivity contribution is 7.20. The van der Waals surface area contributed by atoms with Gasteiger partial charge in [0, 0.05) is 4.70 Å². The Morgan fingerprint density at radius 1 is 1.41 bits per heavy atom. The standard InChI is InChI=1S/C14H14O2S/c1-3-4-5-10-6-7-12-11(8-10)9-13(17-12)14(15)16-2/h4-9H,3H2,1-2H3. The van der Waals surface area contributed by atoms with E-state index in [1.807, 2.05) is 12.1 Å². The number of ether oxygens (including phenoxy) is 1. The van der Waals surface area contributed by atoms with Crippen molar-refractivity contribution < 1.29 is 9.53 Å². The zero-order chi connectivity index (χ0) is 12.3. The average Bonchev–Trinajstić information content (AvgIpc) is 2.78. The van der Waals surface area contributed by atoms with Crippen molar-refractivity contribution in [3.8, 4) is 0 Å². The maximum absolute atomic E-state index is 11.4. The average molecular weight is 246 g/mol. The van der Waals surface area contributed by atoms with Gasteiger partial charge in [0.05, 0.1) is 7.11 Å². The molecule has 0 saturated carbocycles. The molecule has 0 aliphatic carbocycles. The molecule has 0 aliphatic heterocycles. The molecule has 0 amide bonds. The van der Waals surface area contributed by atoms with Gasteiger partial charge in [-0.3, -0.25) is 0 Å². The molecule has 0 bridgehead atoms. The van der Waals surface area contributed by atoms with Crippen LogP contribution in [-0.4, -0.2) is 13.1 Å².